The van der Waals surface area contributed by atoms with Crippen molar-refractivity contribution in [3.05, 3.63) is 115 Å². The summed E-state index contributed by atoms with van der Waals surface area (Å²) in [6.07, 6.45) is -1.48. The van der Waals surface area contributed by atoms with Crippen molar-refractivity contribution in [2.45, 2.75) is 155 Å². The molecule has 0 saturated carbocycles. The fourth-order valence-corrected chi connectivity index (χ4v) is 8.51. The van der Waals surface area contributed by atoms with Crippen LogP contribution >= 0.6 is 0 Å². The van der Waals surface area contributed by atoms with Gasteiger partial charge in [-0.25, -0.2) is 9.59 Å². The summed E-state index contributed by atoms with van der Waals surface area (Å²) >= 11 is 0. The van der Waals surface area contributed by atoms with Crippen LogP contribution in [0.3, 0.4) is 0 Å². The summed E-state index contributed by atoms with van der Waals surface area (Å²) in [5.74, 6) is -7.26. The van der Waals surface area contributed by atoms with E-state index in [1.807, 2.05) is 132 Å². The number of rotatable bonds is 14. The molecule has 0 fully saturated rings. The highest BCUT2D eigenvalue weighted by Gasteiger charge is 2.31. The molecule has 2 unspecified atom stereocenters. The van der Waals surface area contributed by atoms with Crippen LogP contribution in [0.1, 0.15) is 163 Å². The summed E-state index contributed by atoms with van der Waals surface area (Å²) in [5.41, 5.74) is 5.90. The Hall–Kier alpha value is -7.10. The molecular weight excluding hydrogens is 925 g/mol. The fourth-order valence-electron chi connectivity index (χ4n) is 8.51. The van der Waals surface area contributed by atoms with Gasteiger partial charge >= 0.3 is 23.9 Å². The SMILES string of the molecule is CC(C)(C)c1cc2c(O)c(c1)Cc1cc(C(C)(C)C)cc(c1OCC(=O)NC(CC(=O)O)C(=O)O)Cc1cc(C(C)(C)C)cc(c1O)Cc1cc(C(C)(C)C)cc(c1OCC(=O)NC(CC(=O)O)C(=O)O)C2. The van der Waals surface area contributed by atoms with E-state index in [1.54, 1.807) is 0 Å². The zero-order chi connectivity index (χ0) is 54.0. The maximum absolute atomic E-state index is 13.4. The Balaban J connectivity index is 1.86. The van der Waals surface area contributed by atoms with Crippen LogP contribution in [-0.4, -0.2) is 91.6 Å². The van der Waals surface area contributed by atoms with E-state index in [0.717, 1.165) is 22.3 Å². The first-order valence-electron chi connectivity index (χ1n) is 23.9. The molecule has 8 bridgehead atoms. The van der Waals surface area contributed by atoms with Gasteiger partial charge in [-0.3, -0.25) is 19.2 Å². The first kappa shape index (κ1) is 55.8. The van der Waals surface area contributed by atoms with Gasteiger partial charge in [0.25, 0.3) is 11.8 Å². The summed E-state index contributed by atoms with van der Waals surface area (Å²) in [6.45, 7) is 23.1. The highest BCUT2D eigenvalue weighted by Crippen LogP contribution is 2.44. The number of hydrogen-bond donors (Lipinski definition) is 8. The van der Waals surface area contributed by atoms with E-state index in [2.05, 4.69) is 10.6 Å². The largest absolute Gasteiger partial charge is 0.507 e. The van der Waals surface area contributed by atoms with E-state index >= 15 is 0 Å². The number of phenolic OH excluding ortho intramolecular Hbond substituents is 2. The molecule has 0 heterocycles. The lowest BCUT2D eigenvalue weighted by molar-refractivity contribution is -0.147. The maximum atomic E-state index is 13.4. The Morgan fingerprint density at radius 3 is 0.847 bits per heavy atom. The minimum absolute atomic E-state index is 0.0541. The molecular formula is C56H70N2O14. The first-order valence-corrected chi connectivity index (χ1v) is 23.9. The molecule has 5 rings (SSSR count). The van der Waals surface area contributed by atoms with Crippen LogP contribution in [-0.2, 0) is 76.1 Å². The van der Waals surface area contributed by atoms with Gasteiger partial charge in [0.05, 0.1) is 12.8 Å². The minimum Gasteiger partial charge on any atom is -0.507 e. The van der Waals surface area contributed by atoms with E-state index in [9.17, 15) is 59.4 Å². The van der Waals surface area contributed by atoms with Gasteiger partial charge in [0.2, 0.25) is 0 Å². The normalized spacial score (nSPS) is 13.8. The molecule has 4 aromatic carbocycles. The van der Waals surface area contributed by atoms with E-state index in [-0.39, 0.29) is 48.7 Å². The summed E-state index contributed by atoms with van der Waals surface area (Å²) in [7, 11) is 0. The van der Waals surface area contributed by atoms with Crippen molar-refractivity contribution in [2.75, 3.05) is 13.2 Å². The lowest BCUT2D eigenvalue weighted by atomic mass is 9.79. The Morgan fingerprint density at radius 2 is 0.653 bits per heavy atom. The number of carboxylic acids is 4. The number of hydrogen-bond acceptors (Lipinski definition) is 10. The van der Waals surface area contributed by atoms with Crippen molar-refractivity contribution in [1.82, 2.24) is 10.6 Å². The number of carbonyl (C=O) groups is 6. The molecule has 16 nitrogen and oxygen atoms in total. The molecule has 2 amide bonds. The van der Waals surface area contributed by atoms with Gasteiger partial charge in [-0.15, -0.1) is 0 Å². The number of carboxylic acid groups (broad SMARTS) is 4. The molecule has 1 aliphatic rings. The Kier molecular flexibility index (Phi) is 16.5. The molecule has 0 spiro atoms. The van der Waals surface area contributed by atoms with Gasteiger partial charge in [0, 0.05) is 25.7 Å². The third kappa shape index (κ3) is 14.1. The molecule has 8 N–H and O–H groups in total. The number of amides is 2. The fraction of sp³-hybridized carbons (Fsp3) is 0.464. The average molecular weight is 995 g/mol. The number of carbonyl (C=O) groups excluding carboxylic acids is 2. The number of phenols is 2. The zero-order valence-electron chi connectivity index (χ0n) is 43.4. The maximum Gasteiger partial charge on any atom is 0.326 e. The average Bonchev–Trinajstić information content (AvgIpc) is 3.22. The smallest absolute Gasteiger partial charge is 0.326 e. The molecule has 4 aromatic rings. The summed E-state index contributed by atoms with van der Waals surface area (Å²) in [6, 6.07) is 11.9. The Morgan fingerprint density at radius 1 is 0.431 bits per heavy atom. The predicted molar refractivity (Wildman–Crippen MR) is 270 cm³/mol. The second-order valence-corrected chi connectivity index (χ2v) is 22.9. The highest BCUT2D eigenvalue weighted by molar-refractivity contribution is 5.88. The Labute approximate surface area is 420 Å². The van der Waals surface area contributed by atoms with Gasteiger partial charge in [0.1, 0.15) is 35.1 Å². The van der Waals surface area contributed by atoms with Crippen LogP contribution in [0.15, 0.2) is 48.5 Å². The van der Waals surface area contributed by atoms with Crippen molar-refractivity contribution in [3.63, 3.8) is 0 Å². The van der Waals surface area contributed by atoms with Gasteiger partial charge in [-0.2, -0.15) is 0 Å². The van der Waals surface area contributed by atoms with Gasteiger partial charge in [-0.05, 0) is 88.4 Å². The van der Waals surface area contributed by atoms with Crippen molar-refractivity contribution in [1.29, 1.82) is 0 Å². The van der Waals surface area contributed by atoms with Crippen LogP contribution in [0.5, 0.6) is 23.0 Å². The molecule has 0 aromatic heterocycles. The van der Waals surface area contributed by atoms with E-state index < -0.39 is 95.5 Å². The van der Waals surface area contributed by atoms with E-state index in [1.165, 1.54) is 0 Å². The third-order valence-corrected chi connectivity index (χ3v) is 12.7. The van der Waals surface area contributed by atoms with Gasteiger partial charge in [0.15, 0.2) is 13.2 Å². The van der Waals surface area contributed by atoms with Crippen LogP contribution in [0.25, 0.3) is 0 Å². The first-order chi connectivity index (χ1) is 33.1. The molecule has 0 aliphatic heterocycles. The molecule has 0 saturated heterocycles. The molecule has 72 heavy (non-hydrogen) atoms. The van der Waals surface area contributed by atoms with E-state index in [4.69, 9.17) is 9.47 Å². The second-order valence-electron chi connectivity index (χ2n) is 22.9. The van der Waals surface area contributed by atoms with Crippen LogP contribution in [0.2, 0.25) is 0 Å². The number of benzene rings is 4. The zero-order valence-corrected chi connectivity index (χ0v) is 43.4. The third-order valence-electron chi connectivity index (χ3n) is 12.7. The van der Waals surface area contributed by atoms with Crippen molar-refractivity contribution in [3.8, 4) is 23.0 Å². The highest BCUT2D eigenvalue weighted by atomic mass is 16.5. The van der Waals surface area contributed by atoms with Crippen molar-refractivity contribution >= 4 is 35.7 Å². The summed E-state index contributed by atoms with van der Waals surface area (Å²) in [4.78, 5) is 73.7. The van der Waals surface area contributed by atoms with Crippen molar-refractivity contribution < 1.29 is 68.9 Å². The summed E-state index contributed by atoms with van der Waals surface area (Å²) in [5, 5.41) is 67.6. The van der Waals surface area contributed by atoms with Gasteiger partial charge < -0.3 is 50.7 Å². The standard InChI is InChI=1S/C56H70N2O14/c1-53(2,3)37-17-29-13-33-21-39(55(7,8)9)23-35(49(33)71-27-43(59)57-41(51(67)68)25-45(61)62)15-31-19-38(54(4,5)6)20-32(48(31)66)16-36-24-40(56(10,11)12)22-34(14-30(18-37)47(29)65)50(36)72-28-44(60)58-42(52(69)70)26-46(63)64/h17-24,41-42,65-66H,13-16,25-28H2,1-12H3,(H,57,59)(H,58,60)(H,61,62)(H,63,64)(H,67,68)(H,69,70). The quantitative estimate of drug-likeness (QED) is 0.0528. The number of aromatic hydroxyl groups is 2. The Bertz CT molecular complexity index is 2500. The minimum atomic E-state index is -1.72. The van der Waals surface area contributed by atoms with E-state index in [0.29, 0.717) is 44.5 Å². The van der Waals surface area contributed by atoms with Crippen LogP contribution in [0, 0.1) is 0 Å². The van der Waals surface area contributed by atoms with Crippen molar-refractivity contribution in [2.24, 2.45) is 0 Å². The molecule has 0 radical (unpaired) electrons. The number of ether oxygens (including phenoxy) is 2. The molecule has 1 aliphatic carbocycles. The monoisotopic (exact) mass is 994 g/mol. The lowest BCUT2D eigenvalue weighted by Gasteiger charge is -2.28. The predicted octanol–water partition coefficient (Wildman–Crippen LogP) is 7.81. The lowest BCUT2D eigenvalue weighted by Crippen LogP contribution is -2.44. The number of fused-ring (bicyclic) bond motifs is 8. The van der Waals surface area contributed by atoms with Crippen LogP contribution in [0.4, 0.5) is 0 Å². The number of nitrogens with one attached hydrogen (secondary N) is 2. The van der Waals surface area contributed by atoms with Crippen LogP contribution < -0.4 is 20.1 Å². The van der Waals surface area contributed by atoms with Gasteiger partial charge in [-0.1, -0.05) is 132 Å². The molecule has 16 heteroatoms. The summed E-state index contributed by atoms with van der Waals surface area (Å²) < 4.78 is 12.8. The number of aliphatic carboxylic acids is 4. The topological polar surface area (TPSA) is 266 Å². The molecule has 388 valence electrons. The second kappa shape index (κ2) is 21.3. The molecule has 2 atom stereocenters.